The van der Waals surface area contributed by atoms with Gasteiger partial charge in [-0.2, -0.15) is 0 Å². The Bertz CT molecular complexity index is 336. The number of allylic oxidation sites excluding steroid dienone is 2. The van der Waals surface area contributed by atoms with Gasteiger partial charge < -0.3 is 4.74 Å². The Labute approximate surface area is 107 Å². The molecule has 0 radical (unpaired) electrons. The van der Waals surface area contributed by atoms with Crippen molar-refractivity contribution in [2.45, 2.75) is 57.8 Å². The van der Waals surface area contributed by atoms with E-state index in [-0.39, 0.29) is 10.9 Å². The molecule has 0 aromatic rings. The third-order valence-electron chi connectivity index (χ3n) is 3.36. The van der Waals surface area contributed by atoms with Crippen LogP contribution in [0.5, 0.6) is 0 Å². The molecule has 102 valence electrons. The fourth-order valence-corrected chi connectivity index (χ4v) is 2.33. The Morgan fingerprint density at radius 2 is 2.00 bits per heavy atom. The number of unbranched alkanes of at least 4 members (excludes halogenated alkanes) is 2. The summed E-state index contributed by atoms with van der Waals surface area (Å²) in [6, 6.07) is 0. The molecule has 0 bridgehead atoms. The molecule has 0 amide bonds. The lowest BCUT2D eigenvalue weighted by Crippen LogP contribution is -2.08. The van der Waals surface area contributed by atoms with Gasteiger partial charge in [0, 0.05) is 18.4 Å². The van der Waals surface area contributed by atoms with Crippen molar-refractivity contribution in [3.8, 4) is 0 Å². The molecular weight excluding hydrogens is 234 g/mol. The van der Waals surface area contributed by atoms with Gasteiger partial charge in [-0.3, -0.25) is 14.9 Å². The first-order valence-corrected chi connectivity index (χ1v) is 6.57. The van der Waals surface area contributed by atoms with E-state index in [2.05, 4.69) is 4.74 Å². The Balaban J connectivity index is 2.28. The lowest BCUT2D eigenvalue weighted by atomic mass is 9.92. The van der Waals surface area contributed by atoms with Gasteiger partial charge in [0.15, 0.2) is 0 Å². The van der Waals surface area contributed by atoms with Crippen LogP contribution in [-0.2, 0) is 9.53 Å². The number of ether oxygens (including phenoxy) is 1. The molecule has 0 saturated heterocycles. The molecule has 0 aromatic carbocycles. The number of hydrogen-bond acceptors (Lipinski definition) is 4. The SMILES string of the molecule is COC(=O)CCCCCC1=C([N+](=O)[O-])CCCC1. The van der Waals surface area contributed by atoms with Gasteiger partial charge in [0.1, 0.15) is 0 Å². The van der Waals surface area contributed by atoms with Crippen molar-refractivity contribution in [1.29, 1.82) is 0 Å². The van der Waals surface area contributed by atoms with Crippen molar-refractivity contribution in [1.82, 2.24) is 0 Å². The summed E-state index contributed by atoms with van der Waals surface area (Å²) in [6.45, 7) is 0. The highest BCUT2D eigenvalue weighted by Gasteiger charge is 2.21. The van der Waals surface area contributed by atoms with E-state index in [4.69, 9.17) is 0 Å². The van der Waals surface area contributed by atoms with Crippen molar-refractivity contribution in [3.05, 3.63) is 21.4 Å². The predicted octanol–water partition coefficient (Wildman–Crippen LogP) is 3.21. The van der Waals surface area contributed by atoms with Crippen LogP contribution in [0.2, 0.25) is 0 Å². The fourth-order valence-electron chi connectivity index (χ4n) is 2.33. The number of hydrogen-bond donors (Lipinski definition) is 0. The van der Waals surface area contributed by atoms with E-state index in [9.17, 15) is 14.9 Å². The van der Waals surface area contributed by atoms with Crippen molar-refractivity contribution in [3.63, 3.8) is 0 Å². The highest BCUT2D eigenvalue weighted by atomic mass is 16.6. The molecule has 0 spiro atoms. The zero-order valence-electron chi connectivity index (χ0n) is 10.9. The predicted molar refractivity (Wildman–Crippen MR) is 67.6 cm³/mol. The van der Waals surface area contributed by atoms with Crippen LogP contribution >= 0.6 is 0 Å². The topological polar surface area (TPSA) is 69.4 Å². The van der Waals surface area contributed by atoms with Crippen LogP contribution in [0.15, 0.2) is 11.3 Å². The van der Waals surface area contributed by atoms with Gasteiger partial charge in [0.05, 0.1) is 12.0 Å². The van der Waals surface area contributed by atoms with Crippen molar-refractivity contribution < 1.29 is 14.5 Å². The van der Waals surface area contributed by atoms with Gasteiger partial charge in [0.25, 0.3) is 0 Å². The van der Waals surface area contributed by atoms with Gasteiger partial charge in [0.2, 0.25) is 5.70 Å². The van der Waals surface area contributed by atoms with Gasteiger partial charge in [-0.15, -0.1) is 0 Å². The lowest BCUT2D eigenvalue weighted by Gasteiger charge is -2.13. The molecular formula is C13H21NO4. The molecule has 5 nitrogen and oxygen atoms in total. The maximum Gasteiger partial charge on any atom is 0.305 e. The lowest BCUT2D eigenvalue weighted by molar-refractivity contribution is -0.430. The molecule has 0 aliphatic heterocycles. The van der Waals surface area contributed by atoms with Crippen molar-refractivity contribution in [2.24, 2.45) is 0 Å². The van der Waals surface area contributed by atoms with Crippen LogP contribution in [0.3, 0.4) is 0 Å². The normalized spacial score (nSPS) is 15.6. The number of esters is 1. The van der Waals surface area contributed by atoms with E-state index in [0.29, 0.717) is 18.5 Å². The molecule has 0 unspecified atom stereocenters. The van der Waals surface area contributed by atoms with Gasteiger partial charge in [-0.25, -0.2) is 0 Å². The van der Waals surface area contributed by atoms with Gasteiger partial charge in [-0.1, -0.05) is 6.42 Å². The molecule has 0 saturated carbocycles. The molecule has 1 rings (SSSR count). The standard InChI is InChI=1S/C13H21NO4/c1-18-13(15)10-4-2-3-7-11-8-5-6-9-12(11)14(16)17/h2-10H2,1H3. The van der Waals surface area contributed by atoms with Crippen LogP contribution in [0.1, 0.15) is 57.8 Å². The van der Waals surface area contributed by atoms with Crippen molar-refractivity contribution in [2.75, 3.05) is 7.11 Å². The second kappa shape index (κ2) is 7.84. The van der Waals surface area contributed by atoms with E-state index in [1.165, 1.54) is 7.11 Å². The molecule has 0 N–H and O–H groups in total. The monoisotopic (exact) mass is 255 g/mol. The van der Waals surface area contributed by atoms with Crippen LogP contribution in [0.4, 0.5) is 0 Å². The number of nitrogens with zero attached hydrogens (tertiary/aromatic N) is 1. The van der Waals surface area contributed by atoms with E-state index in [1.807, 2.05) is 0 Å². The number of rotatable bonds is 7. The number of nitro groups is 1. The third kappa shape index (κ3) is 4.85. The summed E-state index contributed by atoms with van der Waals surface area (Å²) in [5.74, 6) is -0.183. The average molecular weight is 255 g/mol. The third-order valence-corrected chi connectivity index (χ3v) is 3.36. The first kappa shape index (κ1) is 14.7. The first-order valence-electron chi connectivity index (χ1n) is 6.57. The van der Waals surface area contributed by atoms with Crippen LogP contribution in [0.25, 0.3) is 0 Å². The smallest absolute Gasteiger partial charge is 0.305 e. The van der Waals surface area contributed by atoms with E-state index in [0.717, 1.165) is 50.5 Å². The molecule has 0 aromatic heterocycles. The zero-order chi connectivity index (χ0) is 13.4. The zero-order valence-corrected chi connectivity index (χ0v) is 10.9. The summed E-state index contributed by atoms with van der Waals surface area (Å²) < 4.78 is 4.56. The highest BCUT2D eigenvalue weighted by Crippen LogP contribution is 2.28. The minimum atomic E-state index is -0.219. The Morgan fingerprint density at radius 1 is 1.28 bits per heavy atom. The molecule has 0 atom stereocenters. The second-order valence-electron chi connectivity index (χ2n) is 4.65. The quantitative estimate of drug-likeness (QED) is 0.303. The summed E-state index contributed by atoms with van der Waals surface area (Å²) in [4.78, 5) is 21.5. The van der Waals surface area contributed by atoms with Crippen LogP contribution < -0.4 is 0 Å². The van der Waals surface area contributed by atoms with E-state index < -0.39 is 0 Å². The molecule has 0 fully saturated rings. The Morgan fingerprint density at radius 3 is 2.67 bits per heavy atom. The van der Waals surface area contributed by atoms with Crippen molar-refractivity contribution >= 4 is 5.97 Å². The maximum absolute atomic E-state index is 10.9. The fraction of sp³-hybridized carbons (Fsp3) is 0.769. The van der Waals surface area contributed by atoms with Crippen LogP contribution in [-0.4, -0.2) is 18.0 Å². The summed E-state index contributed by atoms with van der Waals surface area (Å²) in [5.41, 5.74) is 1.46. The molecule has 0 heterocycles. The van der Waals surface area contributed by atoms with Gasteiger partial charge >= 0.3 is 5.97 Å². The number of carbonyl (C=O) groups excluding carboxylic acids is 1. The molecule has 1 aliphatic carbocycles. The summed E-state index contributed by atoms with van der Waals surface area (Å²) >= 11 is 0. The average Bonchev–Trinajstić information content (AvgIpc) is 2.38. The molecule has 1 aliphatic rings. The Hall–Kier alpha value is -1.39. The summed E-state index contributed by atoms with van der Waals surface area (Å²) in [6.07, 6.45) is 7.37. The van der Waals surface area contributed by atoms with Crippen LogP contribution in [0, 0.1) is 10.1 Å². The summed E-state index contributed by atoms with van der Waals surface area (Å²) in [5, 5.41) is 10.9. The minimum absolute atomic E-state index is 0.183. The van der Waals surface area contributed by atoms with E-state index >= 15 is 0 Å². The Kier molecular flexibility index (Phi) is 6.39. The second-order valence-corrected chi connectivity index (χ2v) is 4.65. The number of methoxy groups -OCH3 is 1. The summed E-state index contributed by atoms with van der Waals surface area (Å²) in [7, 11) is 1.39. The largest absolute Gasteiger partial charge is 0.469 e. The minimum Gasteiger partial charge on any atom is -0.469 e. The highest BCUT2D eigenvalue weighted by molar-refractivity contribution is 5.68. The van der Waals surface area contributed by atoms with Gasteiger partial charge in [-0.05, 0) is 38.5 Å². The molecule has 5 heteroatoms. The van der Waals surface area contributed by atoms with E-state index in [1.54, 1.807) is 0 Å². The maximum atomic E-state index is 10.9. The molecule has 18 heavy (non-hydrogen) atoms. The number of carbonyl (C=O) groups is 1. The first-order chi connectivity index (χ1) is 8.65.